The average molecular weight is 455 g/mol. The van der Waals surface area contributed by atoms with Gasteiger partial charge in [0.1, 0.15) is 15.6 Å². The van der Waals surface area contributed by atoms with Crippen LogP contribution in [0, 0.1) is 24.2 Å². The molecule has 10 heteroatoms. The number of amides is 1. The molecule has 1 amide bonds. The largest absolute Gasteiger partial charge is 0.354 e. The molecule has 3 aromatic rings. The number of aromatic nitrogens is 1. The van der Waals surface area contributed by atoms with Gasteiger partial charge in [-0.05, 0) is 68.3 Å². The van der Waals surface area contributed by atoms with Crippen molar-refractivity contribution in [3.63, 3.8) is 0 Å². The third-order valence-electron chi connectivity index (χ3n) is 4.62. The second-order valence-electron chi connectivity index (χ2n) is 7.06. The fraction of sp³-hybridized carbons (Fsp3) is 0.190. The Bertz CT molecular complexity index is 1290. The van der Waals surface area contributed by atoms with Crippen LogP contribution in [-0.4, -0.2) is 19.5 Å². The first kappa shape index (κ1) is 20.8. The van der Waals surface area contributed by atoms with Gasteiger partial charge in [0.2, 0.25) is 5.91 Å². The van der Waals surface area contributed by atoms with Crippen LogP contribution >= 0.6 is 11.3 Å². The molecule has 8 nitrogen and oxygen atoms in total. The predicted molar refractivity (Wildman–Crippen MR) is 118 cm³/mol. The number of rotatable bonds is 7. The van der Waals surface area contributed by atoms with Gasteiger partial charge in [-0.1, -0.05) is 5.16 Å². The van der Waals surface area contributed by atoms with Crippen molar-refractivity contribution in [2.24, 2.45) is 5.92 Å². The van der Waals surface area contributed by atoms with E-state index in [1.165, 1.54) is 18.2 Å². The number of aryl methyl sites for hydroxylation is 1. The van der Waals surface area contributed by atoms with E-state index in [0.717, 1.165) is 24.2 Å². The van der Waals surface area contributed by atoms with E-state index < -0.39 is 10.0 Å². The van der Waals surface area contributed by atoms with Gasteiger partial charge in [-0.25, -0.2) is 8.42 Å². The Hall–Kier alpha value is -3.42. The molecule has 1 aliphatic carbocycles. The summed E-state index contributed by atoms with van der Waals surface area (Å²) in [5.74, 6) is 0.416. The average Bonchev–Trinajstić information content (AvgIpc) is 3.40. The summed E-state index contributed by atoms with van der Waals surface area (Å²) in [4.78, 5) is 12.7. The number of anilines is 2. The van der Waals surface area contributed by atoms with E-state index in [-0.39, 0.29) is 16.0 Å². The molecule has 0 atom stereocenters. The summed E-state index contributed by atoms with van der Waals surface area (Å²) in [6.45, 7) is 1.74. The molecule has 2 heterocycles. The number of carbonyl (C=O) groups excluding carboxylic acids is 1. The monoisotopic (exact) mass is 454 g/mol. The van der Waals surface area contributed by atoms with E-state index >= 15 is 0 Å². The number of thiophene rings is 1. The van der Waals surface area contributed by atoms with Gasteiger partial charge in [-0.3, -0.25) is 9.52 Å². The number of carbonyl (C=O) groups is 1. The number of benzene rings is 1. The molecule has 0 spiro atoms. The first-order valence-corrected chi connectivity index (χ1v) is 11.7. The normalized spacial score (nSPS) is 13.8. The molecule has 2 aromatic heterocycles. The molecule has 158 valence electrons. The van der Waals surface area contributed by atoms with Crippen molar-refractivity contribution in [1.82, 2.24) is 5.16 Å². The van der Waals surface area contributed by atoms with Crippen molar-refractivity contribution < 1.29 is 17.7 Å². The molecule has 0 bridgehead atoms. The first-order chi connectivity index (χ1) is 14.9. The van der Waals surface area contributed by atoms with Crippen molar-refractivity contribution in [3.05, 3.63) is 58.3 Å². The van der Waals surface area contributed by atoms with Crippen molar-refractivity contribution in [2.45, 2.75) is 24.0 Å². The molecule has 0 saturated heterocycles. The number of hydrogen-bond acceptors (Lipinski definition) is 7. The van der Waals surface area contributed by atoms with Crippen LogP contribution in [0.15, 0.2) is 45.1 Å². The van der Waals surface area contributed by atoms with E-state index in [2.05, 4.69) is 15.2 Å². The Morgan fingerprint density at radius 2 is 1.97 bits per heavy atom. The van der Waals surface area contributed by atoms with Crippen LogP contribution in [0.5, 0.6) is 0 Å². The van der Waals surface area contributed by atoms with E-state index in [4.69, 9.17) is 9.78 Å². The lowest BCUT2D eigenvalue weighted by molar-refractivity contribution is -0.117. The van der Waals surface area contributed by atoms with Gasteiger partial charge in [-0.15, -0.1) is 11.3 Å². The third-order valence-corrected chi connectivity index (χ3v) is 7.54. The van der Waals surface area contributed by atoms with E-state index in [9.17, 15) is 13.2 Å². The van der Waals surface area contributed by atoms with Gasteiger partial charge in [0.05, 0.1) is 11.6 Å². The molecule has 2 N–H and O–H groups in total. The summed E-state index contributed by atoms with van der Waals surface area (Å²) in [5, 5.41) is 15.6. The summed E-state index contributed by atoms with van der Waals surface area (Å²) >= 11 is 1.09. The topological polar surface area (TPSA) is 125 Å². The minimum absolute atomic E-state index is 0.0423. The Balaban J connectivity index is 1.48. The van der Waals surface area contributed by atoms with Gasteiger partial charge in [-0.2, -0.15) is 5.26 Å². The highest BCUT2D eigenvalue weighted by Gasteiger charge is 2.30. The maximum absolute atomic E-state index is 12.6. The molecule has 1 aromatic carbocycles. The van der Waals surface area contributed by atoms with Crippen molar-refractivity contribution >= 4 is 50.8 Å². The molecule has 1 fully saturated rings. The predicted octanol–water partition coefficient (Wildman–Crippen LogP) is 4.24. The van der Waals surface area contributed by atoms with E-state index in [0.29, 0.717) is 33.3 Å². The second kappa shape index (κ2) is 8.37. The van der Waals surface area contributed by atoms with Gasteiger partial charge in [0.15, 0.2) is 5.76 Å². The number of sulfonamides is 1. The molecular weight excluding hydrogens is 436 g/mol. The van der Waals surface area contributed by atoms with Crippen LogP contribution in [-0.2, 0) is 14.8 Å². The SMILES string of the molecule is Cc1noc(C=Cc2ccc(S(=O)(=O)Nc3ccc(C#N)cc3)s2)c1NC(=O)C1CC1. The summed E-state index contributed by atoms with van der Waals surface area (Å²) < 4.78 is 33.2. The van der Waals surface area contributed by atoms with Crippen molar-refractivity contribution in [2.75, 3.05) is 10.0 Å². The highest BCUT2D eigenvalue weighted by Crippen LogP contribution is 2.32. The Morgan fingerprint density at radius 3 is 2.65 bits per heavy atom. The fourth-order valence-electron chi connectivity index (χ4n) is 2.77. The molecule has 1 aliphatic rings. The lowest BCUT2D eigenvalue weighted by Gasteiger charge is -2.05. The van der Waals surface area contributed by atoms with Crippen LogP contribution in [0.3, 0.4) is 0 Å². The zero-order chi connectivity index (χ0) is 22.0. The smallest absolute Gasteiger partial charge is 0.271 e. The lowest BCUT2D eigenvalue weighted by atomic mass is 10.2. The second-order valence-corrected chi connectivity index (χ2v) is 10.1. The maximum atomic E-state index is 12.6. The molecule has 0 radical (unpaired) electrons. The van der Waals surface area contributed by atoms with Crippen LogP contribution < -0.4 is 10.0 Å². The van der Waals surface area contributed by atoms with Gasteiger partial charge in [0, 0.05) is 16.5 Å². The Labute approximate surface area is 183 Å². The molecule has 4 rings (SSSR count). The Kier molecular flexibility index (Phi) is 5.63. The molecule has 1 saturated carbocycles. The van der Waals surface area contributed by atoms with Crippen LogP contribution in [0.1, 0.15) is 34.7 Å². The zero-order valence-electron chi connectivity index (χ0n) is 16.5. The van der Waals surface area contributed by atoms with Crippen molar-refractivity contribution in [1.29, 1.82) is 5.26 Å². The minimum Gasteiger partial charge on any atom is -0.354 e. The van der Waals surface area contributed by atoms with E-state index in [1.54, 1.807) is 37.3 Å². The van der Waals surface area contributed by atoms with Crippen LogP contribution in [0.2, 0.25) is 0 Å². The minimum atomic E-state index is -3.76. The number of nitriles is 1. The van der Waals surface area contributed by atoms with Crippen molar-refractivity contribution in [3.8, 4) is 6.07 Å². The van der Waals surface area contributed by atoms with Gasteiger partial charge >= 0.3 is 0 Å². The Morgan fingerprint density at radius 1 is 1.23 bits per heavy atom. The highest BCUT2D eigenvalue weighted by molar-refractivity contribution is 7.94. The summed E-state index contributed by atoms with van der Waals surface area (Å²) in [7, 11) is -3.76. The number of hydrogen-bond donors (Lipinski definition) is 2. The lowest BCUT2D eigenvalue weighted by Crippen LogP contribution is -2.14. The molecule has 31 heavy (non-hydrogen) atoms. The fourth-order valence-corrected chi connectivity index (χ4v) is 5.06. The van der Waals surface area contributed by atoms with Crippen LogP contribution in [0.25, 0.3) is 12.2 Å². The summed E-state index contributed by atoms with van der Waals surface area (Å²) in [6, 6.07) is 11.3. The number of nitrogens with one attached hydrogen (secondary N) is 2. The molecule has 0 aliphatic heterocycles. The molecular formula is C21H18N4O4S2. The maximum Gasteiger partial charge on any atom is 0.271 e. The standard InChI is InChI=1S/C21H18N4O4S2/c1-13-20(23-21(26)15-4-5-15)18(29-24-13)10-8-17-9-11-19(30-17)31(27,28)25-16-6-2-14(12-22)3-7-16/h2-3,6-11,15,25H,4-5H2,1H3,(H,23,26). The van der Waals surface area contributed by atoms with E-state index in [1.807, 2.05) is 6.07 Å². The molecule has 0 unspecified atom stereocenters. The van der Waals surface area contributed by atoms with Gasteiger partial charge < -0.3 is 9.84 Å². The quantitative estimate of drug-likeness (QED) is 0.550. The third kappa shape index (κ3) is 4.84. The van der Waals surface area contributed by atoms with Crippen LogP contribution in [0.4, 0.5) is 11.4 Å². The highest BCUT2D eigenvalue weighted by atomic mass is 32.2. The zero-order valence-corrected chi connectivity index (χ0v) is 18.1. The summed E-state index contributed by atoms with van der Waals surface area (Å²) in [5.41, 5.74) is 1.93. The number of nitrogens with zero attached hydrogens (tertiary/aromatic N) is 2. The first-order valence-electron chi connectivity index (χ1n) is 9.44. The summed E-state index contributed by atoms with van der Waals surface area (Å²) in [6.07, 6.45) is 5.14. The van der Waals surface area contributed by atoms with Gasteiger partial charge in [0.25, 0.3) is 10.0 Å².